The van der Waals surface area contributed by atoms with Crippen LogP contribution in [0.4, 0.5) is 10.2 Å². The number of nitrogens with zero attached hydrogens (tertiary/aromatic N) is 3. The monoisotopic (exact) mass is 300 g/mol. The lowest BCUT2D eigenvalue weighted by molar-refractivity contribution is 0.170. The van der Waals surface area contributed by atoms with Gasteiger partial charge in [-0.15, -0.1) is 0 Å². The number of piperidine rings is 1. The number of halogens is 1. The zero-order chi connectivity index (χ0) is 15.2. The Morgan fingerprint density at radius 1 is 1.09 bits per heavy atom. The van der Waals surface area contributed by atoms with Gasteiger partial charge < -0.3 is 5.32 Å². The molecule has 2 aromatic rings. The maximum absolute atomic E-state index is 13.2. The van der Waals surface area contributed by atoms with Gasteiger partial charge in [-0.2, -0.15) is 0 Å². The number of likely N-dealkylation sites (tertiary alicyclic amines) is 1. The number of hydrogen-bond donors (Lipinski definition) is 1. The molecule has 1 aromatic heterocycles. The second-order valence-electron chi connectivity index (χ2n) is 5.64. The summed E-state index contributed by atoms with van der Waals surface area (Å²) >= 11 is 0. The lowest BCUT2D eigenvalue weighted by Gasteiger charge is -2.35. The molecule has 116 valence electrons. The molecule has 0 bridgehead atoms. The average Bonchev–Trinajstić information content (AvgIpc) is 2.58. The molecule has 1 fully saturated rings. The summed E-state index contributed by atoms with van der Waals surface area (Å²) in [4.78, 5) is 10.6. The van der Waals surface area contributed by atoms with Crippen LogP contribution < -0.4 is 5.32 Å². The fourth-order valence-corrected chi connectivity index (χ4v) is 2.97. The van der Waals surface area contributed by atoms with Gasteiger partial charge in [0.05, 0.1) is 6.04 Å². The summed E-state index contributed by atoms with van der Waals surface area (Å²) in [7, 11) is 0. The molecule has 0 saturated carbocycles. The van der Waals surface area contributed by atoms with Gasteiger partial charge in [-0.3, -0.25) is 4.90 Å². The summed E-state index contributed by atoms with van der Waals surface area (Å²) < 4.78 is 13.2. The zero-order valence-corrected chi connectivity index (χ0v) is 12.6. The smallest absolute Gasteiger partial charge is 0.129 e. The van der Waals surface area contributed by atoms with Gasteiger partial charge in [0.25, 0.3) is 0 Å². The molecule has 1 aromatic carbocycles. The van der Waals surface area contributed by atoms with E-state index in [-0.39, 0.29) is 11.9 Å². The molecule has 4 nitrogen and oxygen atoms in total. The number of anilines is 1. The summed E-state index contributed by atoms with van der Waals surface area (Å²) in [6.07, 6.45) is 7.02. The van der Waals surface area contributed by atoms with Crippen LogP contribution in [-0.4, -0.2) is 34.5 Å². The molecule has 2 heterocycles. The van der Waals surface area contributed by atoms with E-state index in [9.17, 15) is 4.39 Å². The topological polar surface area (TPSA) is 41.1 Å². The van der Waals surface area contributed by atoms with Crippen molar-refractivity contribution in [3.63, 3.8) is 0 Å². The first-order valence-electron chi connectivity index (χ1n) is 7.82. The van der Waals surface area contributed by atoms with Crippen molar-refractivity contribution in [1.29, 1.82) is 0 Å². The second kappa shape index (κ2) is 7.31. The predicted molar refractivity (Wildman–Crippen MR) is 85.1 cm³/mol. The molecule has 0 amide bonds. The normalized spacial score (nSPS) is 17.1. The summed E-state index contributed by atoms with van der Waals surface area (Å²) in [6, 6.07) is 8.94. The van der Waals surface area contributed by atoms with Gasteiger partial charge in [-0.05, 0) is 49.7 Å². The van der Waals surface area contributed by atoms with Gasteiger partial charge in [0.2, 0.25) is 0 Å². The Labute approximate surface area is 130 Å². The van der Waals surface area contributed by atoms with Crippen molar-refractivity contribution < 1.29 is 4.39 Å². The van der Waals surface area contributed by atoms with Crippen LogP contribution in [0.25, 0.3) is 0 Å². The van der Waals surface area contributed by atoms with Gasteiger partial charge in [-0.25, -0.2) is 14.4 Å². The molecule has 0 aliphatic carbocycles. The van der Waals surface area contributed by atoms with Crippen molar-refractivity contribution in [2.24, 2.45) is 0 Å². The van der Waals surface area contributed by atoms with Crippen molar-refractivity contribution in [3.8, 4) is 0 Å². The number of aromatic nitrogens is 2. The van der Waals surface area contributed by atoms with E-state index in [1.165, 1.54) is 37.7 Å². The van der Waals surface area contributed by atoms with E-state index in [1.54, 1.807) is 6.20 Å². The highest BCUT2D eigenvalue weighted by atomic mass is 19.1. The largest absolute Gasteiger partial charge is 0.368 e. The van der Waals surface area contributed by atoms with E-state index in [4.69, 9.17) is 0 Å². The lowest BCUT2D eigenvalue weighted by Crippen LogP contribution is -2.37. The highest BCUT2D eigenvalue weighted by Crippen LogP contribution is 2.25. The Morgan fingerprint density at radius 3 is 2.55 bits per heavy atom. The van der Waals surface area contributed by atoms with Crippen molar-refractivity contribution >= 4 is 5.82 Å². The third kappa shape index (κ3) is 3.80. The van der Waals surface area contributed by atoms with Crippen LogP contribution in [-0.2, 0) is 0 Å². The molecule has 3 rings (SSSR count). The molecular weight excluding hydrogens is 279 g/mol. The van der Waals surface area contributed by atoms with Gasteiger partial charge in [0.1, 0.15) is 18.0 Å². The van der Waals surface area contributed by atoms with Crippen LogP contribution in [0.1, 0.15) is 30.9 Å². The summed E-state index contributed by atoms with van der Waals surface area (Å²) in [5, 5.41) is 3.37. The summed E-state index contributed by atoms with van der Waals surface area (Å²) in [6.45, 7) is 2.93. The Hall–Kier alpha value is -2.01. The van der Waals surface area contributed by atoms with Crippen LogP contribution in [0.3, 0.4) is 0 Å². The van der Waals surface area contributed by atoms with Crippen molar-refractivity contribution in [1.82, 2.24) is 14.9 Å². The number of hydrogen-bond acceptors (Lipinski definition) is 4. The number of benzene rings is 1. The average molecular weight is 300 g/mol. The minimum Gasteiger partial charge on any atom is -0.368 e. The third-order valence-corrected chi connectivity index (χ3v) is 4.14. The van der Waals surface area contributed by atoms with Gasteiger partial charge in [-0.1, -0.05) is 18.6 Å². The van der Waals surface area contributed by atoms with Crippen LogP contribution >= 0.6 is 0 Å². The van der Waals surface area contributed by atoms with E-state index < -0.39 is 0 Å². The molecule has 1 N–H and O–H groups in total. The number of nitrogens with one attached hydrogen (secondary N) is 1. The Morgan fingerprint density at radius 2 is 1.86 bits per heavy atom. The SMILES string of the molecule is Fc1ccc(C(CNc2ccncn2)N2CCCCC2)cc1. The maximum atomic E-state index is 13.2. The van der Waals surface area contributed by atoms with Crippen LogP contribution in [0, 0.1) is 5.82 Å². The third-order valence-electron chi connectivity index (χ3n) is 4.14. The van der Waals surface area contributed by atoms with E-state index >= 15 is 0 Å². The molecule has 1 unspecified atom stereocenters. The van der Waals surface area contributed by atoms with E-state index in [0.717, 1.165) is 31.0 Å². The molecule has 1 atom stereocenters. The Kier molecular flexibility index (Phi) is 4.96. The van der Waals surface area contributed by atoms with Crippen molar-refractivity contribution in [2.75, 3.05) is 25.0 Å². The summed E-state index contributed by atoms with van der Waals surface area (Å²) in [5.41, 5.74) is 1.14. The Balaban J connectivity index is 1.74. The molecule has 22 heavy (non-hydrogen) atoms. The molecule has 0 spiro atoms. The van der Waals surface area contributed by atoms with Gasteiger partial charge in [0.15, 0.2) is 0 Å². The minimum atomic E-state index is -0.190. The standard InChI is InChI=1S/C17H21FN4/c18-15-6-4-14(5-7-15)16(22-10-2-1-3-11-22)12-20-17-8-9-19-13-21-17/h4-9,13,16H,1-3,10-12H2,(H,19,20,21). The highest BCUT2D eigenvalue weighted by molar-refractivity contribution is 5.33. The summed E-state index contributed by atoms with van der Waals surface area (Å²) in [5.74, 6) is 0.629. The minimum absolute atomic E-state index is 0.190. The maximum Gasteiger partial charge on any atom is 0.129 e. The zero-order valence-electron chi connectivity index (χ0n) is 12.6. The molecular formula is C17H21FN4. The lowest BCUT2D eigenvalue weighted by atomic mass is 10.0. The highest BCUT2D eigenvalue weighted by Gasteiger charge is 2.22. The Bertz CT molecular complexity index is 567. The predicted octanol–water partition coefficient (Wildman–Crippen LogP) is 3.25. The quantitative estimate of drug-likeness (QED) is 0.920. The van der Waals surface area contributed by atoms with E-state index in [0.29, 0.717) is 0 Å². The van der Waals surface area contributed by atoms with Crippen molar-refractivity contribution in [3.05, 3.63) is 54.2 Å². The van der Waals surface area contributed by atoms with Crippen LogP contribution in [0.5, 0.6) is 0 Å². The molecule has 0 radical (unpaired) electrons. The van der Waals surface area contributed by atoms with Gasteiger partial charge in [0, 0.05) is 12.7 Å². The van der Waals surface area contributed by atoms with Crippen molar-refractivity contribution in [2.45, 2.75) is 25.3 Å². The first kappa shape index (κ1) is 14.9. The van der Waals surface area contributed by atoms with E-state index in [1.807, 2.05) is 18.2 Å². The second-order valence-corrected chi connectivity index (χ2v) is 5.64. The first-order valence-corrected chi connectivity index (χ1v) is 7.82. The first-order chi connectivity index (χ1) is 10.8. The van der Waals surface area contributed by atoms with E-state index in [2.05, 4.69) is 20.2 Å². The number of rotatable bonds is 5. The van der Waals surface area contributed by atoms with Gasteiger partial charge >= 0.3 is 0 Å². The fraction of sp³-hybridized carbons (Fsp3) is 0.412. The molecule has 5 heteroatoms. The molecule has 1 saturated heterocycles. The van der Waals surface area contributed by atoms with Crippen LogP contribution in [0.2, 0.25) is 0 Å². The molecule has 1 aliphatic heterocycles. The molecule has 1 aliphatic rings. The van der Waals surface area contributed by atoms with Crippen LogP contribution in [0.15, 0.2) is 42.9 Å². The fourth-order valence-electron chi connectivity index (χ4n) is 2.97.